The number of rotatable bonds is 4. The van der Waals surface area contributed by atoms with Gasteiger partial charge in [-0.2, -0.15) is 5.26 Å². The Labute approximate surface area is 102 Å². The molecule has 0 saturated heterocycles. The van der Waals surface area contributed by atoms with Crippen LogP contribution in [0.4, 0.5) is 0 Å². The first-order valence-corrected chi connectivity index (χ1v) is 5.44. The third-order valence-corrected chi connectivity index (χ3v) is 2.06. The number of para-hydroxylation sites is 1. The van der Waals surface area contributed by atoms with Crippen molar-refractivity contribution >= 4 is 5.90 Å². The van der Waals surface area contributed by atoms with Crippen LogP contribution < -0.4 is 4.74 Å². The van der Waals surface area contributed by atoms with Crippen LogP contribution >= 0.6 is 0 Å². The summed E-state index contributed by atoms with van der Waals surface area (Å²) in [4.78, 5) is 3.66. The number of ether oxygens (including phenoxy) is 2. The van der Waals surface area contributed by atoms with Crippen LogP contribution in [0.1, 0.15) is 20.8 Å². The van der Waals surface area contributed by atoms with Crippen molar-refractivity contribution < 1.29 is 9.47 Å². The Balaban J connectivity index is 2.86. The predicted octanol–water partition coefficient (Wildman–Crippen LogP) is 2.76. The summed E-state index contributed by atoms with van der Waals surface area (Å²) in [6.07, 6.45) is 1.73. The zero-order valence-corrected chi connectivity index (χ0v) is 10.3. The van der Waals surface area contributed by atoms with Crippen LogP contribution in [0.2, 0.25) is 0 Å². The summed E-state index contributed by atoms with van der Waals surface area (Å²) in [5, 5.41) is 8.62. The Morgan fingerprint density at radius 2 is 2.00 bits per heavy atom. The van der Waals surface area contributed by atoms with Crippen LogP contribution in [0.5, 0.6) is 5.75 Å². The first-order valence-electron chi connectivity index (χ1n) is 5.44. The smallest absolute Gasteiger partial charge is 0.243 e. The molecular weight excluding hydrogens is 216 g/mol. The van der Waals surface area contributed by atoms with Gasteiger partial charge in [0.05, 0.1) is 6.61 Å². The lowest BCUT2D eigenvalue weighted by Gasteiger charge is -2.26. The molecule has 0 aliphatic rings. The minimum atomic E-state index is -0.771. The lowest BCUT2D eigenvalue weighted by molar-refractivity contribution is 0.140. The van der Waals surface area contributed by atoms with Crippen molar-refractivity contribution in [2.24, 2.45) is 4.99 Å². The van der Waals surface area contributed by atoms with Crippen LogP contribution in [0.25, 0.3) is 0 Å². The minimum Gasteiger partial charge on any atom is -0.478 e. The van der Waals surface area contributed by atoms with Crippen molar-refractivity contribution in [1.82, 2.24) is 0 Å². The highest BCUT2D eigenvalue weighted by Crippen LogP contribution is 2.19. The third-order valence-electron chi connectivity index (χ3n) is 2.06. The second-order valence-corrected chi connectivity index (χ2v) is 3.88. The molecule has 0 aliphatic heterocycles. The van der Waals surface area contributed by atoms with E-state index in [2.05, 4.69) is 4.99 Å². The highest BCUT2D eigenvalue weighted by Gasteiger charge is 2.29. The molecule has 0 N–H and O–H groups in total. The average molecular weight is 232 g/mol. The first kappa shape index (κ1) is 13.0. The van der Waals surface area contributed by atoms with Crippen molar-refractivity contribution in [3.05, 3.63) is 30.3 Å². The maximum absolute atomic E-state index is 8.62. The van der Waals surface area contributed by atoms with Gasteiger partial charge < -0.3 is 9.47 Å². The topological polar surface area (TPSA) is 54.6 Å². The largest absolute Gasteiger partial charge is 0.478 e. The van der Waals surface area contributed by atoms with Gasteiger partial charge in [0.25, 0.3) is 0 Å². The quantitative estimate of drug-likeness (QED) is 0.455. The van der Waals surface area contributed by atoms with Gasteiger partial charge in [0.15, 0.2) is 5.60 Å². The van der Waals surface area contributed by atoms with Gasteiger partial charge in [-0.05, 0) is 32.9 Å². The van der Waals surface area contributed by atoms with Crippen molar-refractivity contribution in [2.75, 3.05) is 6.61 Å². The number of nitriles is 1. The fourth-order valence-electron chi connectivity index (χ4n) is 1.35. The van der Waals surface area contributed by atoms with Crippen molar-refractivity contribution in [1.29, 1.82) is 5.26 Å². The van der Waals surface area contributed by atoms with Gasteiger partial charge in [-0.15, -0.1) is 4.99 Å². The molecule has 0 amide bonds. The van der Waals surface area contributed by atoms with Crippen molar-refractivity contribution in [2.45, 2.75) is 26.4 Å². The summed E-state index contributed by atoms with van der Waals surface area (Å²) < 4.78 is 11.1. The summed E-state index contributed by atoms with van der Waals surface area (Å²) in [6, 6.07) is 9.36. The standard InChI is InChI=1S/C13H16N2O2/c1-4-16-12(15-10-14)13(2,3)17-11-8-6-5-7-9-11/h5-9H,4H2,1-3H3. The average Bonchev–Trinajstić information content (AvgIpc) is 2.29. The van der Waals surface area contributed by atoms with E-state index in [1.54, 1.807) is 6.19 Å². The second kappa shape index (κ2) is 5.90. The zero-order valence-electron chi connectivity index (χ0n) is 10.3. The van der Waals surface area contributed by atoms with Gasteiger partial charge in [0, 0.05) is 0 Å². The third kappa shape index (κ3) is 3.80. The lowest BCUT2D eigenvalue weighted by atomic mass is 10.1. The van der Waals surface area contributed by atoms with E-state index in [1.807, 2.05) is 51.1 Å². The van der Waals surface area contributed by atoms with E-state index < -0.39 is 5.60 Å². The fraction of sp³-hybridized carbons (Fsp3) is 0.385. The van der Waals surface area contributed by atoms with E-state index in [0.717, 1.165) is 0 Å². The molecule has 4 nitrogen and oxygen atoms in total. The molecule has 17 heavy (non-hydrogen) atoms. The molecule has 1 rings (SSSR count). The lowest BCUT2D eigenvalue weighted by Crippen LogP contribution is -2.39. The van der Waals surface area contributed by atoms with Gasteiger partial charge in [-0.3, -0.25) is 0 Å². The van der Waals surface area contributed by atoms with Crippen molar-refractivity contribution in [3.63, 3.8) is 0 Å². The van der Waals surface area contributed by atoms with E-state index in [9.17, 15) is 0 Å². The molecule has 0 heterocycles. The number of hydrogen-bond donors (Lipinski definition) is 0. The Morgan fingerprint density at radius 1 is 1.35 bits per heavy atom. The summed E-state index contributed by atoms with van der Waals surface area (Å²) in [7, 11) is 0. The predicted molar refractivity (Wildman–Crippen MR) is 65.8 cm³/mol. The highest BCUT2D eigenvalue weighted by atomic mass is 16.5. The van der Waals surface area contributed by atoms with Crippen LogP contribution in [-0.2, 0) is 4.74 Å². The Hall–Kier alpha value is -2.02. The number of hydrogen-bond acceptors (Lipinski definition) is 4. The van der Waals surface area contributed by atoms with Gasteiger partial charge in [-0.25, -0.2) is 0 Å². The summed E-state index contributed by atoms with van der Waals surface area (Å²) in [5.41, 5.74) is -0.771. The number of nitrogens with zero attached hydrogens (tertiary/aromatic N) is 2. The zero-order chi connectivity index (χ0) is 12.7. The van der Waals surface area contributed by atoms with Crippen LogP contribution in [0.3, 0.4) is 0 Å². The van der Waals surface area contributed by atoms with Crippen LogP contribution in [-0.4, -0.2) is 18.1 Å². The maximum atomic E-state index is 8.62. The molecular formula is C13H16N2O2. The molecule has 0 atom stereocenters. The Kier molecular flexibility index (Phi) is 4.53. The second-order valence-electron chi connectivity index (χ2n) is 3.88. The molecule has 0 spiro atoms. The van der Waals surface area contributed by atoms with E-state index in [-0.39, 0.29) is 5.90 Å². The Morgan fingerprint density at radius 3 is 2.53 bits per heavy atom. The van der Waals surface area contributed by atoms with Crippen LogP contribution in [0, 0.1) is 11.5 Å². The van der Waals surface area contributed by atoms with Crippen LogP contribution in [0.15, 0.2) is 35.3 Å². The molecule has 0 saturated carbocycles. The van der Waals surface area contributed by atoms with Gasteiger partial charge in [0.1, 0.15) is 5.75 Å². The van der Waals surface area contributed by atoms with E-state index in [0.29, 0.717) is 12.4 Å². The Bertz CT molecular complexity index is 419. The summed E-state index contributed by atoms with van der Waals surface area (Å²) in [5.74, 6) is 0.995. The summed E-state index contributed by atoms with van der Waals surface area (Å²) >= 11 is 0. The van der Waals surface area contributed by atoms with Gasteiger partial charge in [0.2, 0.25) is 12.1 Å². The molecule has 0 aromatic heterocycles. The first-order chi connectivity index (χ1) is 8.10. The monoisotopic (exact) mass is 232 g/mol. The number of aliphatic imine (C=N–C) groups is 1. The number of benzene rings is 1. The molecule has 90 valence electrons. The normalized spacial score (nSPS) is 11.8. The summed E-state index contributed by atoms with van der Waals surface area (Å²) in [6.45, 7) is 5.91. The molecule has 0 fully saturated rings. The molecule has 4 heteroatoms. The molecule has 1 aromatic rings. The molecule has 0 radical (unpaired) electrons. The van der Waals surface area contributed by atoms with E-state index in [4.69, 9.17) is 14.7 Å². The van der Waals surface area contributed by atoms with E-state index in [1.165, 1.54) is 0 Å². The molecule has 1 aromatic carbocycles. The van der Waals surface area contributed by atoms with Crippen molar-refractivity contribution in [3.8, 4) is 11.9 Å². The molecule has 0 unspecified atom stereocenters. The van der Waals surface area contributed by atoms with Gasteiger partial charge in [-0.1, -0.05) is 18.2 Å². The minimum absolute atomic E-state index is 0.284. The van der Waals surface area contributed by atoms with E-state index >= 15 is 0 Å². The molecule has 0 aliphatic carbocycles. The highest BCUT2D eigenvalue weighted by molar-refractivity contribution is 5.85. The van der Waals surface area contributed by atoms with Gasteiger partial charge >= 0.3 is 0 Å². The maximum Gasteiger partial charge on any atom is 0.243 e. The SMILES string of the molecule is CCOC(=NC#N)C(C)(C)Oc1ccccc1. The fourth-order valence-corrected chi connectivity index (χ4v) is 1.35. The molecule has 0 bridgehead atoms.